The molecular weight excluding hydrogens is 546 g/mol. The summed E-state index contributed by atoms with van der Waals surface area (Å²) >= 11 is 0. The Balaban J connectivity index is 4.77. The topological polar surface area (TPSA) is 55.8 Å². The highest BCUT2D eigenvalue weighted by molar-refractivity contribution is 5.72. The van der Waals surface area contributed by atoms with Crippen molar-refractivity contribution in [2.75, 3.05) is 27.2 Å². The zero-order valence-electron chi connectivity index (χ0n) is 30.4. The number of hydrogen-bond donors (Lipinski definition) is 0. The SMILES string of the molecule is CCCCCCCCCCCCC(COC(=O)C(CCCCCC)CCCCCCCC)OC(=O)CCCCCCN(C)C. The molecular formula is C39H77NO4. The standard InChI is InChI=1S/C39H77NO4/c1-6-9-12-15-17-18-19-20-22-27-32-37(44-38(41)33-28-23-24-29-34-40(4)5)35-43-39(42)36(30-25-14-11-8-3)31-26-21-16-13-10-7-2/h36-37H,6-35H2,1-5H3. The van der Waals surface area contributed by atoms with Crippen molar-refractivity contribution in [2.45, 2.75) is 207 Å². The summed E-state index contributed by atoms with van der Waals surface area (Å²) in [7, 11) is 4.20. The lowest BCUT2D eigenvalue weighted by Gasteiger charge is -2.21. The van der Waals surface area contributed by atoms with Gasteiger partial charge in [0.25, 0.3) is 0 Å². The van der Waals surface area contributed by atoms with Crippen LogP contribution < -0.4 is 0 Å². The maximum absolute atomic E-state index is 13.3. The molecule has 0 heterocycles. The minimum absolute atomic E-state index is 0.0196. The monoisotopic (exact) mass is 624 g/mol. The minimum Gasteiger partial charge on any atom is -0.462 e. The van der Waals surface area contributed by atoms with E-state index in [0.717, 1.165) is 77.2 Å². The summed E-state index contributed by atoms with van der Waals surface area (Å²) in [6.45, 7) is 8.05. The van der Waals surface area contributed by atoms with Crippen LogP contribution in [-0.4, -0.2) is 50.2 Å². The highest BCUT2D eigenvalue weighted by Crippen LogP contribution is 2.21. The molecule has 44 heavy (non-hydrogen) atoms. The molecule has 0 aromatic heterocycles. The van der Waals surface area contributed by atoms with Crippen LogP contribution >= 0.6 is 0 Å². The van der Waals surface area contributed by atoms with E-state index >= 15 is 0 Å². The molecule has 5 heteroatoms. The van der Waals surface area contributed by atoms with Gasteiger partial charge in [0.1, 0.15) is 12.7 Å². The van der Waals surface area contributed by atoms with Gasteiger partial charge in [-0.05, 0) is 59.2 Å². The summed E-state index contributed by atoms with van der Waals surface area (Å²) in [4.78, 5) is 28.2. The number of carbonyl (C=O) groups is 2. The fourth-order valence-corrected chi connectivity index (χ4v) is 5.99. The summed E-state index contributed by atoms with van der Waals surface area (Å²) in [5.74, 6) is -0.220. The van der Waals surface area contributed by atoms with Gasteiger partial charge in [0.05, 0.1) is 5.92 Å². The van der Waals surface area contributed by atoms with Gasteiger partial charge in [-0.1, -0.05) is 156 Å². The molecule has 0 amide bonds. The van der Waals surface area contributed by atoms with Gasteiger partial charge in [0.15, 0.2) is 0 Å². The van der Waals surface area contributed by atoms with Gasteiger partial charge in [-0.3, -0.25) is 9.59 Å². The molecule has 0 saturated carbocycles. The van der Waals surface area contributed by atoms with Crippen LogP contribution in [0.5, 0.6) is 0 Å². The quantitative estimate of drug-likeness (QED) is 0.0527. The van der Waals surface area contributed by atoms with Gasteiger partial charge in [-0.15, -0.1) is 0 Å². The van der Waals surface area contributed by atoms with E-state index in [1.54, 1.807) is 0 Å². The highest BCUT2D eigenvalue weighted by atomic mass is 16.6. The third kappa shape index (κ3) is 29.6. The molecule has 0 bridgehead atoms. The van der Waals surface area contributed by atoms with Gasteiger partial charge < -0.3 is 14.4 Å². The highest BCUT2D eigenvalue weighted by Gasteiger charge is 2.22. The van der Waals surface area contributed by atoms with E-state index in [9.17, 15) is 9.59 Å². The van der Waals surface area contributed by atoms with Crippen molar-refractivity contribution in [3.8, 4) is 0 Å². The van der Waals surface area contributed by atoms with Crippen LogP contribution in [0.3, 0.4) is 0 Å². The molecule has 0 aromatic carbocycles. The van der Waals surface area contributed by atoms with Gasteiger partial charge >= 0.3 is 11.9 Å². The molecule has 0 aliphatic carbocycles. The van der Waals surface area contributed by atoms with Crippen LogP contribution in [0, 0.1) is 5.92 Å². The molecule has 2 atom stereocenters. The summed E-state index contributed by atoms with van der Waals surface area (Å²) in [5.41, 5.74) is 0. The molecule has 0 aromatic rings. The predicted molar refractivity (Wildman–Crippen MR) is 189 cm³/mol. The van der Waals surface area contributed by atoms with E-state index in [-0.39, 0.29) is 30.6 Å². The Morgan fingerprint density at radius 1 is 0.523 bits per heavy atom. The lowest BCUT2D eigenvalue weighted by atomic mass is 9.94. The second-order valence-corrected chi connectivity index (χ2v) is 13.8. The fourth-order valence-electron chi connectivity index (χ4n) is 5.99. The first-order valence-electron chi connectivity index (χ1n) is 19.4. The maximum Gasteiger partial charge on any atom is 0.309 e. The van der Waals surface area contributed by atoms with Crippen molar-refractivity contribution in [3.05, 3.63) is 0 Å². The Morgan fingerprint density at radius 2 is 0.932 bits per heavy atom. The molecule has 0 fully saturated rings. The van der Waals surface area contributed by atoms with Crippen LogP contribution in [0.25, 0.3) is 0 Å². The lowest BCUT2D eigenvalue weighted by Crippen LogP contribution is -2.28. The van der Waals surface area contributed by atoms with Crippen LogP contribution in [0.15, 0.2) is 0 Å². The van der Waals surface area contributed by atoms with Crippen LogP contribution in [0.4, 0.5) is 0 Å². The van der Waals surface area contributed by atoms with Gasteiger partial charge in [0.2, 0.25) is 0 Å². The van der Waals surface area contributed by atoms with Crippen LogP contribution in [0.2, 0.25) is 0 Å². The number of nitrogens with zero attached hydrogens (tertiary/aromatic N) is 1. The molecule has 5 nitrogen and oxygen atoms in total. The van der Waals surface area contributed by atoms with Crippen molar-refractivity contribution < 1.29 is 19.1 Å². The van der Waals surface area contributed by atoms with Crippen molar-refractivity contribution in [1.29, 1.82) is 0 Å². The van der Waals surface area contributed by atoms with E-state index in [0.29, 0.717) is 6.42 Å². The summed E-state index contributed by atoms with van der Waals surface area (Å²) in [5, 5.41) is 0. The first-order valence-corrected chi connectivity index (χ1v) is 19.4. The predicted octanol–water partition coefficient (Wildman–Crippen LogP) is 11.6. The zero-order chi connectivity index (χ0) is 32.5. The van der Waals surface area contributed by atoms with E-state index in [1.807, 2.05) is 0 Å². The smallest absolute Gasteiger partial charge is 0.309 e. The summed E-state index contributed by atoms with van der Waals surface area (Å²) in [6, 6.07) is 0. The Kier molecular flexibility index (Phi) is 32.4. The van der Waals surface area contributed by atoms with Crippen molar-refractivity contribution >= 4 is 11.9 Å². The second kappa shape index (κ2) is 33.3. The Labute approximate surface area is 275 Å². The molecule has 0 aliphatic heterocycles. The Hall–Kier alpha value is -1.10. The maximum atomic E-state index is 13.3. The van der Waals surface area contributed by atoms with E-state index in [2.05, 4.69) is 39.8 Å². The van der Waals surface area contributed by atoms with Crippen LogP contribution in [-0.2, 0) is 19.1 Å². The number of esters is 2. The van der Waals surface area contributed by atoms with Crippen molar-refractivity contribution in [2.24, 2.45) is 5.92 Å². The lowest BCUT2D eigenvalue weighted by molar-refractivity contribution is -0.162. The number of unbranched alkanes of at least 4 members (excludes halogenated alkanes) is 20. The fraction of sp³-hybridized carbons (Fsp3) is 0.949. The van der Waals surface area contributed by atoms with Crippen molar-refractivity contribution in [3.63, 3.8) is 0 Å². The average Bonchev–Trinajstić information content (AvgIpc) is 3.00. The Bertz CT molecular complexity index is 623. The largest absolute Gasteiger partial charge is 0.462 e. The van der Waals surface area contributed by atoms with Gasteiger partial charge in [-0.2, -0.15) is 0 Å². The molecule has 2 unspecified atom stereocenters. The molecule has 0 saturated heterocycles. The summed E-state index contributed by atoms with van der Waals surface area (Å²) < 4.78 is 11.9. The van der Waals surface area contributed by atoms with Crippen LogP contribution in [0.1, 0.15) is 201 Å². The number of rotatable bonds is 34. The third-order valence-electron chi connectivity index (χ3n) is 8.97. The summed E-state index contributed by atoms with van der Waals surface area (Å²) in [6.07, 6.45) is 31.9. The van der Waals surface area contributed by atoms with E-state index in [4.69, 9.17) is 9.47 Å². The number of carbonyl (C=O) groups excluding carboxylic acids is 2. The van der Waals surface area contributed by atoms with E-state index in [1.165, 1.54) is 103 Å². The molecule has 0 aliphatic rings. The molecule has 262 valence electrons. The molecule has 0 radical (unpaired) electrons. The first-order chi connectivity index (χ1) is 21.4. The first kappa shape index (κ1) is 42.9. The molecule has 0 N–H and O–H groups in total. The number of hydrogen-bond acceptors (Lipinski definition) is 5. The zero-order valence-corrected chi connectivity index (χ0v) is 30.4. The average molecular weight is 624 g/mol. The van der Waals surface area contributed by atoms with Crippen molar-refractivity contribution in [1.82, 2.24) is 4.90 Å². The normalized spacial score (nSPS) is 12.9. The number of ether oxygens (including phenoxy) is 2. The second-order valence-electron chi connectivity index (χ2n) is 13.8. The van der Waals surface area contributed by atoms with E-state index < -0.39 is 0 Å². The molecule has 0 spiro atoms. The Morgan fingerprint density at radius 3 is 1.43 bits per heavy atom. The third-order valence-corrected chi connectivity index (χ3v) is 8.97. The van der Waals surface area contributed by atoms with Gasteiger partial charge in [-0.25, -0.2) is 0 Å². The van der Waals surface area contributed by atoms with Gasteiger partial charge in [0, 0.05) is 6.42 Å². The minimum atomic E-state index is -0.316. The molecule has 0 rings (SSSR count).